The van der Waals surface area contributed by atoms with E-state index in [1.807, 2.05) is 27.7 Å². The molecule has 4 N–H and O–H groups in total. The van der Waals surface area contributed by atoms with Gasteiger partial charge in [-0.1, -0.05) is 6.07 Å². The molecule has 0 bridgehead atoms. The van der Waals surface area contributed by atoms with Crippen molar-refractivity contribution in [2.45, 2.75) is 38.1 Å². The number of aryl methyl sites for hydroxylation is 2. The molecule has 1 amide bonds. The number of sulfonamides is 1. The highest BCUT2D eigenvalue weighted by molar-refractivity contribution is 7.92. The van der Waals surface area contributed by atoms with Crippen LogP contribution in [0.3, 0.4) is 0 Å². The van der Waals surface area contributed by atoms with Crippen molar-refractivity contribution < 1.29 is 13.2 Å². The van der Waals surface area contributed by atoms with Crippen molar-refractivity contribution in [3.05, 3.63) is 59.2 Å². The molecular formula is C19H25N3O3S. The maximum absolute atomic E-state index is 12.5. The van der Waals surface area contributed by atoms with Gasteiger partial charge in [0.1, 0.15) is 0 Å². The number of amides is 1. The first-order valence-corrected chi connectivity index (χ1v) is 9.73. The number of nitrogens with one attached hydrogen (secondary N) is 2. The molecule has 0 aliphatic heterocycles. The lowest BCUT2D eigenvalue weighted by atomic mass is 10.1. The van der Waals surface area contributed by atoms with Gasteiger partial charge in [0.2, 0.25) is 0 Å². The molecule has 140 valence electrons. The van der Waals surface area contributed by atoms with E-state index < -0.39 is 15.6 Å². The summed E-state index contributed by atoms with van der Waals surface area (Å²) in [5.41, 5.74) is 8.09. The average Bonchev–Trinajstić information content (AvgIpc) is 2.54. The lowest BCUT2D eigenvalue weighted by Gasteiger charge is -2.18. The molecule has 0 saturated carbocycles. The first-order chi connectivity index (χ1) is 12.0. The van der Waals surface area contributed by atoms with E-state index in [0.29, 0.717) is 17.8 Å². The fourth-order valence-electron chi connectivity index (χ4n) is 2.19. The van der Waals surface area contributed by atoms with E-state index in [0.717, 1.165) is 11.1 Å². The second kappa shape index (κ2) is 7.47. The molecule has 6 nitrogen and oxygen atoms in total. The van der Waals surface area contributed by atoms with E-state index in [9.17, 15) is 13.2 Å². The summed E-state index contributed by atoms with van der Waals surface area (Å²) in [5.74, 6) is -0.257. The van der Waals surface area contributed by atoms with Gasteiger partial charge in [0.15, 0.2) is 0 Å². The molecule has 0 atom stereocenters. The molecule has 0 saturated heterocycles. The molecule has 2 aromatic rings. The van der Waals surface area contributed by atoms with Crippen LogP contribution in [0.1, 0.15) is 35.3 Å². The Kier molecular flexibility index (Phi) is 5.73. The van der Waals surface area contributed by atoms with Crippen LogP contribution in [-0.4, -0.2) is 26.4 Å². The first-order valence-electron chi connectivity index (χ1n) is 8.25. The number of hydrogen-bond acceptors (Lipinski definition) is 4. The molecule has 0 radical (unpaired) electrons. The van der Waals surface area contributed by atoms with Crippen LogP contribution >= 0.6 is 0 Å². The highest BCUT2D eigenvalue weighted by atomic mass is 32.2. The average molecular weight is 375 g/mol. The van der Waals surface area contributed by atoms with Crippen molar-refractivity contribution >= 4 is 21.6 Å². The summed E-state index contributed by atoms with van der Waals surface area (Å²) in [5, 5.41) is 2.74. The zero-order valence-corrected chi connectivity index (χ0v) is 16.3. The molecular weight excluding hydrogens is 350 g/mol. The van der Waals surface area contributed by atoms with Crippen molar-refractivity contribution in [2.75, 3.05) is 11.3 Å². The topological polar surface area (TPSA) is 101 Å². The number of carbonyl (C=O) groups excluding carboxylic acids is 1. The van der Waals surface area contributed by atoms with Crippen LogP contribution in [-0.2, 0) is 10.0 Å². The van der Waals surface area contributed by atoms with Crippen LogP contribution in [0.4, 0.5) is 5.69 Å². The SMILES string of the molecule is Cc1ccc(S(=O)(=O)Nc2ccc(C(=O)NCC(C)(C)N)cc2)cc1C. The Bertz CT molecular complexity index is 899. The van der Waals surface area contributed by atoms with Gasteiger partial charge in [0, 0.05) is 23.3 Å². The summed E-state index contributed by atoms with van der Waals surface area (Å²) in [6.45, 7) is 7.77. The molecule has 7 heteroatoms. The third kappa shape index (κ3) is 5.31. The van der Waals surface area contributed by atoms with Gasteiger partial charge in [-0.15, -0.1) is 0 Å². The highest BCUT2D eigenvalue weighted by Gasteiger charge is 2.16. The molecule has 2 rings (SSSR count). The van der Waals surface area contributed by atoms with E-state index in [2.05, 4.69) is 10.0 Å². The third-order valence-corrected chi connectivity index (χ3v) is 5.27. The number of nitrogens with two attached hydrogens (primary N) is 1. The fourth-order valence-corrected chi connectivity index (χ4v) is 3.34. The zero-order valence-electron chi connectivity index (χ0n) is 15.5. The normalized spacial score (nSPS) is 11.9. The van der Waals surface area contributed by atoms with E-state index in [4.69, 9.17) is 5.73 Å². The summed E-state index contributed by atoms with van der Waals surface area (Å²) < 4.78 is 27.5. The van der Waals surface area contributed by atoms with Gasteiger partial charge in [-0.05, 0) is 75.2 Å². The molecule has 0 spiro atoms. The molecule has 0 aliphatic carbocycles. The number of anilines is 1. The van der Waals surface area contributed by atoms with Gasteiger partial charge in [-0.3, -0.25) is 9.52 Å². The maximum atomic E-state index is 12.5. The summed E-state index contributed by atoms with van der Waals surface area (Å²) in [6, 6.07) is 11.2. The Morgan fingerprint density at radius 2 is 1.65 bits per heavy atom. The van der Waals surface area contributed by atoms with Gasteiger partial charge >= 0.3 is 0 Å². The van der Waals surface area contributed by atoms with Crippen LogP contribution in [0, 0.1) is 13.8 Å². The van der Waals surface area contributed by atoms with Gasteiger partial charge in [0.25, 0.3) is 15.9 Å². The Hall–Kier alpha value is -2.38. The predicted molar refractivity (Wildman–Crippen MR) is 104 cm³/mol. The monoisotopic (exact) mass is 375 g/mol. The Balaban J connectivity index is 2.10. The third-order valence-electron chi connectivity index (χ3n) is 3.89. The molecule has 26 heavy (non-hydrogen) atoms. The molecule has 0 unspecified atom stereocenters. The van der Waals surface area contributed by atoms with E-state index >= 15 is 0 Å². The second-order valence-electron chi connectivity index (χ2n) is 7.10. The maximum Gasteiger partial charge on any atom is 0.261 e. The number of rotatable bonds is 6. The van der Waals surface area contributed by atoms with Crippen molar-refractivity contribution in [3.8, 4) is 0 Å². The lowest BCUT2D eigenvalue weighted by Crippen LogP contribution is -2.45. The van der Waals surface area contributed by atoms with E-state index in [1.165, 1.54) is 0 Å². The molecule has 2 aromatic carbocycles. The van der Waals surface area contributed by atoms with Gasteiger partial charge in [-0.25, -0.2) is 8.42 Å². The molecule has 0 heterocycles. The lowest BCUT2D eigenvalue weighted by molar-refractivity contribution is 0.0946. The largest absolute Gasteiger partial charge is 0.350 e. The van der Waals surface area contributed by atoms with Crippen molar-refractivity contribution in [1.29, 1.82) is 0 Å². The molecule has 0 fully saturated rings. The number of hydrogen-bond donors (Lipinski definition) is 3. The van der Waals surface area contributed by atoms with Gasteiger partial charge < -0.3 is 11.1 Å². The van der Waals surface area contributed by atoms with E-state index in [1.54, 1.807) is 42.5 Å². The summed E-state index contributed by atoms with van der Waals surface area (Å²) in [7, 11) is -3.68. The summed E-state index contributed by atoms with van der Waals surface area (Å²) in [6.07, 6.45) is 0. The van der Waals surface area contributed by atoms with Crippen molar-refractivity contribution in [3.63, 3.8) is 0 Å². The van der Waals surface area contributed by atoms with Crippen molar-refractivity contribution in [2.24, 2.45) is 5.73 Å². The van der Waals surface area contributed by atoms with Crippen molar-refractivity contribution in [1.82, 2.24) is 5.32 Å². The summed E-state index contributed by atoms with van der Waals surface area (Å²) >= 11 is 0. The zero-order chi connectivity index (χ0) is 19.5. The highest BCUT2D eigenvalue weighted by Crippen LogP contribution is 2.19. The van der Waals surface area contributed by atoms with Crippen LogP contribution in [0.5, 0.6) is 0 Å². The minimum Gasteiger partial charge on any atom is -0.350 e. The number of carbonyl (C=O) groups is 1. The Morgan fingerprint density at radius 3 is 2.19 bits per heavy atom. The molecule has 0 aromatic heterocycles. The van der Waals surface area contributed by atoms with Crippen LogP contribution in [0.25, 0.3) is 0 Å². The fraction of sp³-hybridized carbons (Fsp3) is 0.316. The Morgan fingerprint density at radius 1 is 1.04 bits per heavy atom. The van der Waals surface area contributed by atoms with E-state index in [-0.39, 0.29) is 10.8 Å². The Labute approximate surface area is 154 Å². The minimum absolute atomic E-state index is 0.201. The second-order valence-corrected chi connectivity index (χ2v) is 8.78. The quantitative estimate of drug-likeness (QED) is 0.722. The predicted octanol–water partition coefficient (Wildman–Crippen LogP) is 2.57. The smallest absolute Gasteiger partial charge is 0.261 e. The molecule has 0 aliphatic rings. The van der Waals surface area contributed by atoms with Crippen LogP contribution in [0.2, 0.25) is 0 Å². The first kappa shape index (κ1) is 19.9. The minimum atomic E-state index is -3.68. The summed E-state index contributed by atoms with van der Waals surface area (Å²) in [4.78, 5) is 12.3. The number of benzene rings is 2. The van der Waals surface area contributed by atoms with Crippen LogP contribution in [0.15, 0.2) is 47.4 Å². The van der Waals surface area contributed by atoms with Gasteiger partial charge in [0.05, 0.1) is 4.90 Å². The standard InChI is InChI=1S/C19H25N3O3S/c1-13-5-10-17(11-14(13)2)26(24,25)22-16-8-6-15(7-9-16)18(23)21-12-19(3,4)20/h5-11,22H,12,20H2,1-4H3,(H,21,23). The van der Waals surface area contributed by atoms with Gasteiger partial charge in [-0.2, -0.15) is 0 Å². The van der Waals surface area contributed by atoms with Crippen LogP contribution < -0.4 is 15.8 Å².